The van der Waals surface area contributed by atoms with E-state index in [9.17, 15) is 9.59 Å². The number of nitrogens with zero attached hydrogens (tertiary/aromatic N) is 2. The molecule has 1 aliphatic heterocycles. The number of aryl methyl sites for hydroxylation is 1. The van der Waals surface area contributed by atoms with Crippen molar-refractivity contribution < 1.29 is 13.9 Å². The number of fused-ring (bicyclic) bond motifs is 1. The van der Waals surface area contributed by atoms with E-state index in [2.05, 4.69) is 16.8 Å². The van der Waals surface area contributed by atoms with E-state index in [0.29, 0.717) is 17.0 Å². The molecule has 0 radical (unpaired) electrons. The highest BCUT2D eigenvalue weighted by Crippen LogP contribution is 2.30. The quantitative estimate of drug-likeness (QED) is 0.472. The van der Waals surface area contributed by atoms with Crippen molar-refractivity contribution in [2.24, 2.45) is 0 Å². The molecule has 2 aromatic heterocycles. The molecule has 1 N–H and O–H groups in total. The van der Waals surface area contributed by atoms with Crippen LogP contribution in [-0.2, 0) is 21.8 Å². The Kier molecular flexibility index (Phi) is 5.97. The zero-order chi connectivity index (χ0) is 21.3. The fraction of sp³-hybridized carbons (Fsp3) is 0.409. The van der Waals surface area contributed by atoms with Crippen LogP contribution in [0.1, 0.15) is 36.7 Å². The van der Waals surface area contributed by atoms with Crippen LogP contribution >= 0.6 is 11.8 Å². The van der Waals surface area contributed by atoms with Crippen molar-refractivity contribution in [3.63, 3.8) is 0 Å². The van der Waals surface area contributed by atoms with Gasteiger partial charge in [0.15, 0.2) is 5.16 Å². The van der Waals surface area contributed by atoms with Gasteiger partial charge in [-0.3, -0.25) is 4.79 Å². The fourth-order valence-corrected chi connectivity index (χ4v) is 4.81. The first-order valence-electron chi connectivity index (χ1n) is 10.0. The summed E-state index contributed by atoms with van der Waals surface area (Å²) in [7, 11) is 0. The number of ether oxygens (including phenoxy) is 1. The molecule has 1 aliphatic rings. The normalized spacial score (nSPS) is 16.3. The molecular weight excluding hydrogens is 402 g/mol. The van der Waals surface area contributed by atoms with Crippen LogP contribution in [0, 0.1) is 13.8 Å². The summed E-state index contributed by atoms with van der Waals surface area (Å²) in [6, 6.07) is 6.89. The molecule has 158 valence electrons. The second kappa shape index (κ2) is 8.65. The van der Waals surface area contributed by atoms with E-state index in [1.54, 1.807) is 17.8 Å². The molecule has 0 bridgehead atoms. The van der Waals surface area contributed by atoms with Crippen LogP contribution in [0.2, 0.25) is 0 Å². The Morgan fingerprint density at radius 1 is 1.33 bits per heavy atom. The Hall–Kier alpha value is -2.58. The second-order valence-corrected chi connectivity index (χ2v) is 8.52. The van der Waals surface area contributed by atoms with Gasteiger partial charge in [-0.1, -0.05) is 11.8 Å². The molecule has 0 saturated carbocycles. The number of aromatic nitrogens is 2. The van der Waals surface area contributed by atoms with E-state index < -0.39 is 5.63 Å². The van der Waals surface area contributed by atoms with E-state index >= 15 is 0 Å². The number of hydrogen-bond acceptors (Lipinski definition) is 6. The number of rotatable bonds is 6. The van der Waals surface area contributed by atoms with Gasteiger partial charge in [0.25, 0.3) is 0 Å². The number of nitrogens with one attached hydrogen (secondary N) is 1. The number of carbonyl (C=O) groups excluding carboxylic acids is 1. The first-order valence-corrected chi connectivity index (χ1v) is 11.0. The Labute approximate surface area is 178 Å². The summed E-state index contributed by atoms with van der Waals surface area (Å²) in [5, 5.41) is 4.49. The molecular formula is C22H25N3O4S. The molecule has 3 aromatic rings. The average Bonchev–Trinajstić information content (AvgIpc) is 3.29. The molecule has 0 aliphatic carbocycles. The third-order valence-corrected chi connectivity index (χ3v) is 6.37. The highest BCUT2D eigenvalue weighted by molar-refractivity contribution is 7.98. The first kappa shape index (κ1) is 20.7. The predicted octanol–water partition coefficient (Wildman–Crippen LogP) is 4.04. The molecule has 3 heterocycles. The number of benzene rings is 1. The fourth-order valence-electron chi connectivity index (χ4n) is 3.71. The van der Waals surface area contributed by atoms with E-state index in [1.165, 1.54) is 13.0 Å². The number of anilines is 1. The molecule has 0 spiro atoms. The summed E-state index contributed by atoms with van der Waals surface area (Å²) in [5.74, 6) is 0.412. The Morgan fingerprint density at radius 2 is 2.17 bits per heavy atom. The maximum atomic E-state index is 12.1. The van der Waals surface area contributed by atoms with Gasteiger partial charge in [0, 0.05) is 48.2 Å². The Bertz CT molecular complexity index is 1150. The Balaban J connectivity index is 1.60. The lowest BCUT2D eigenvalue weighted by Gasteiger charge is -2.15. The minimum atomic E-state index is -0.409. The van der Waals surface area contributed by atoms with Crippen LogP contribution in [0.25, 0.3) is 11.0 Å². The summed E-state index contributed by atoms with van der Waals surface area (Å²) < 4.78 is 13.4. The third-order valence-electron chi connectivity index (χ3n) is 5.34. The summed E-state index contributed by atoms with van der Waals surface area (Å²) in [5.41, 5.74) is 3.68. The lowest BCUT2D eigenvalue weighted by Crippen LogP contribution is -2.16. The van der Waals surface area contributed by atoms with Crippen LogP contribution in [-0.4, -0.2) is 28.2 Å². The summed E-state index contributed by atoms with van der Waals surface area (Å²) in [6.45, 7) is 7.16. The molecule has 30 heavy (non-hydrogen) atoms. The summed E-state index contributed by atoms with van der Waals surface area (Å²) in [6.07, 6.45) is 2.40. The van der Waals surface area contributed by atoms with Crippen molar-refractivity contribution in [2.75, 3.05) is 11.9 Å². The first-order chi connectivity index (χ1) is 14.4. The van der Waals surface area contributed by atoms with Gasteiger partial charge in [-0.15, -0.1) is 0 Å². The van der Waals surface area contributed by atoms with Crippen LogP contribution in [0.5, 0.6) is 0 Å². The molecule has 1 amide bonds. The number of thioether (sulfide) groups is 1. The van der Waals surface area contributed by atoms with Crippen LogP contribution in [0.15, 0.2) is 38.6 Å². The molecule has 0 unspecified atom stereocenters. The van der Waals surface area contributed by atoms with Gasteiger partial charge in [-0.2, -0.15) is 0 Å². The zero-order valence-corrected chi connectivity index (χ0v) is 18.2. The minimum Gasteiger partial charge on any atom is -0.423 e. The van der Waals surface area contributed by atoms with E-state index in [0.717, 1.165) is 53.5 Å². The second-order valence-electron chi connectivity index (χ2n) is 7.58. The SMILES string of the molecule is CC(=O)Nc1ccc2c(CSc3nc(C)c(C)n3C[C@@H]3CCCO3)cc(=O)oc2c1. The van der Waals surface area contributed by atoms with Crippen molar-refractivity contribution in [1.29, 1.82) is 0 Å². The van der Waals surface area contributed by atoms with E-state index in [1.807, 2.05) is 19.1 Å². The lowest BCUT2D eigenvalue weighted by molar-refractivity contribution is -0.114. The number of imidazole rings is 1. The van der Waals surface area contributed by atoms with Gasteiger partial charge in [0.2, 0.25) is 5.91 Å². The number of amides is 1. The largest absolute Gasteiger partial charge is 0.423 e. The van der Waals surface area contributed by atoms with Gasteiger partial charge < -0.3 is 19.0 Å². The third kappa shape index (κ3) is 4.44. The number of hydrogen-bond donors (Lipinski definition) is 1. The van der Waals surface area contributed by atoms with E-state index in [-0.39, 0.29) is 12.0 Å². The van der Waals surface area contributed by atoms with Gasteiger partial charge in [0.1, 0.15) is 5.58 Å². The van der Waals surface area contributed by atoms with Crippen molar-refractivity contribution in [2.45, 2.75) is 57.2 Å². The van der Waals surface area contributed by atoms with Gasteiger partial charge in [-0.05, 0) is 44.4 Å². The van der Waals surface area contributed by atoms with Gasteiger partial charge in [-0.25, -0.2) is 9.78 Å². The van der Waals surface area contributed by atoms with Crippen LogP contribution in [0.4, 0.5) is 5.69 Å². The maximum Gasteiger partial charge on any atom is 0.336 e. The molecule has 8 heteroatoms. The van der Waals surface area contributed by atoms with Crippen molar-refractivity contribution in [3.8, 4) is 0 Å². The minimum absolute atomic E-state index is 0.174. The number of carbonyl (C=O) groups is 1. The maximum absolute atomic E-state index is 12.1. The molecule has 1 atom stereocenters. The highest BCUT2D eigenvalue weighted by atomic mass is 32.2. The zero-order valence-electron chi connectivity index (χ0n) is 17.4. The molecule has 1 aromatic carbocycles. The molecule has 1 saturated heterocycles. The van der Waals surface area contributed by atoms with Crippen molar-refractivity contribution in [3.05, 3.63) is 51.6 Å². The van der Waals surface area contributed by atoms with Gasteiger partial charge in [0.05, 0.1) is 18.3 Å². The summed E-state index contributed by atoms with van der Waals surface area (Å²) in [4.78, 5) is 28.1. The van der Waals surface area contributed by atoms with Crippen molar-refractivity contribution >= 4 is 34.3 Å². The van der Waals surface area contributed by atoms with Crippen LogP contribution < -0.4 is 10.9 Å². The predicted molar refractivity (Wildman–Crippen MR) is 117 cm³/mol. The molecule has 1 fully saturated rings. The average molecular weight is 428 g/mol. The summed E-state index contributed by atoms with van der Waals surface area (Å²) >= 11 is 1.60. The van der Waals surface area contributed by atoms with E-state index in [4.69, 9.17) is 14.1 Å². The topological polar surface area (TPSA) is 86.4 Å². The van der Waals surface area contributed by atoms with Gasteiger partial charge >= 0.3 is 5.63 Å². The lowest BCUT2D eigenvalue weighted by atomic mass is 10.1. The highest BCUT2D eigenvalue weighted by Gasteiger charge is 2.20. The molecule has 7 nitrogen and oxygen atoms in total. The Morgan fingerprint density at radius 3 is 2.90 bits per heavy atom. The molecule has 4 rings (SSSR count). The standard InChI is InChI=1S/C22H25N3O4S/c1-13-14(2)25(11-18-5-4-8-28-18)22(23-13)30-12-16-9-21(27)29-20-10-17(24-15(3)26)6-7-19(16)20/h6-7,9-10,18H,4-5,8,11-12H2,1-3H3,(H,24,26)/t18-/m0/s1. The monoisotopic (exact) mass is 427 g/mol. The smallest absolute Gasteiger partial charge is 0.336 e. The van der Waals surface area contributed by atoms with Crippen LogP contribution in [0.3, 0.4) is 0 Å². The van der Waals surface area contributed by atoms with Crippen molar-refractivity contribution in [1.82, 2.24) is 9.55 Å².